The second-order valence-electron chi connectivity index (χ2n) is 7.62. The first kappa shape index (κ1) is 19.9. The van der Waals surface area contributed by atoms with Crippen LogP contribution < -0.4 is 11.1 Å². The predicted octanol–water partition coefficient (Wildman–Crippen LogP) is 1.62. The van der Waals surface area contributed by atoms with E-state index < -0.39 is 6.04 Å². The minimum absolute atomic E-state index is 0.0283. The fourth-order valence-corrected chi connectivity index (χ4v) is 2.32. The molecule has 0 radical (unpaired) electrons. The van der Waals surface area contributed by atoms with Gasteiger partial charge in [0.2, 0.25) is 11.8 Å². The molecule has 3 N–H and O–H groups in total. The van der Waals surface area contributed by atoms with Gasteiger partial charge in [0.25, 0.3) is 0 Å². The van der Waals surface area contributed by atoms with Gasteiger partial charge in [0, 0.05) is 20.6 Å². The van der Waals surface area contributed by atoms with Gasteiger partial charge in [-0.1, -0.05) is 34.6 Å². The first-order chi connectivity index (χ1) is 9.47. The van der Waals surface area contributed by atoms with Gasteiger partial charge in [-0.25, -0.2) is 0 Å². The Labute approximate surface area is 129 Å². The Bertz CT molecular complexity index is 346. The van der Waals surface area contributed by atoms with Crippen molar-refractivity contribution in [2.75, 3.05) is 20.6 Å². The summed E-state index contributed by atoms with van der Waals surface area (Å²) in [5, 5.41) is 2.89. The van der Waals surface area contributed by atoms with Crippen LogP contribution in [0.2, 0.25) is 0 Å². The Kier molecular flexibility index (Phi) is 7.93. The highest BCUT2D eigenvalue weighted by Gasteiger charge is 2.28. The molecule has 0 saturated heterocycles. The van der Waals surface area contributed by atoms with E-state index in [9.17, 15) is 9.59 Å². The second-order valence-corrected chi connectivity index (χ2v) is 7.62. The molecule has 0 saturated carbocycles. The number of nitrogens with zero attached hydrogens (tertiary/aromatic N) is 1. The highest BCUT2D eigenvalue weighted by atomic mass is 16.2. The highest BCUT2D eigenvalue weighted by Crippen LogP contribution is 2.24. The summed E-state index contributed by atoms with van der Waals surface area (Å²) in [6.07, 6.45) is 1.34. The molecular formula is C16H33N3O2. The molecule has 0 aliphatic carbocycles. The van der Waals surface area contributed by atoms with E-state index in [0.29, 0.717) is 25.3 Å². The van der Waals surface area contributed by atoms with E-state index in [2.05, 4.69) is 26.1 Å². The number of carbonyl (C=O) groups is 2. The number of nitrogens with one attached hydrogen (secondary N) is 1. The summed E-state index contributed by atoms with van der Waals surface area (Å²) in [5.74, 6) is -0.107. The van der Waals surface area contributed by atoms with Crippen molar-refractivity contribution in [1.82, 2.24) is 10.2 Å². The molecule has 0 aromatic heterocycles. The number of likely N-dealkylation sites (N-methyl/N-ethyl adjacent to an activating group) is 1. The van der Waals surface area contributed by atoms with E-state index in [1.165, 1.54) is 4.90 Å². The van der Waals surface area contributed by atoms with Gasteiger partial charge in [-0.3, -0.25) is 9.59 Å². The van der Waals surface area contributed by atoms with Crippen LogP contribution in [-0.2, 0) is 9.59 Å². The lowest BCUT2D eigenvalue weighted by Crippen LogP contribution is -2.50. The number of carbonyl (C=O) groups excluding carboxylic acids is 2. The Morgan fingerprint density at radius 2 is 1.71 bits per heavy atom. The molecule has 0 bridgehead atoms. The molecule has 0 heterocycles. The van der Waals surface area contributed by atoms with Gasteiger partial charge in [0.1, 0.15) is 6.04 Å². The number of amides is 2. The molecule has 0 spiro atoms. The summed E-state index contributed by atoms with van der Waals surface area (Å²) in [6, 6.07) is -0.471. The van der Waals surface area contributed by atoms with Crippen molar-refractivity contribution in [1.29, 1.82) is 0 Å². The maximum atomic E-state index is 12.4. The minimum Gasteiger partial charge on any atom is -0.347 e. The third kappa shape index (κ3) is 8.05. The third-order valence-electron chi connectivity index (χ3n) is 3.28. The lowest BCUT2D eigenvalue weighted by molar-refractivity contribution is -0.136. The van der Waals surface area contributed by atoms with Crippen LogP contribution in [0.3, 0.4) is 0 Å². The fraction of sp³-hybridized carbons (Fsp3) is 0.875. The number of nitrogens with two attached hydrogens (primary N) is 1. The molecule has 0 fully saturated rings. The standard InChI is InChI=1S/C16H33N3O2/c1-11(2)8-13(15(21)19(6)7)18-14(20)12(10-17)9-16(3,4)5/h11-13H,8-10,17H2,1-7H3,(H,18,20). The van der Waals surface area contributed by atoms with Gasteiger partial charge in [0.05, 0.1) is 5.92 Å². The number of rotatable bonds is 7. The van der Waals surface area contributed by atoms with E-state index in [-0.39, 0.29) is 23.1 Å². The van der Waals surface area contributed by atoms with Crippen molar-refractivity contribution in [3.63, 3.8) is 0 Å². The van der Waals surface area contributed by atoms with Crippen LogP contribution in [0.15, 0.2) is 0 Å². The molecule has 0 aromatic rings. The lowest BCUT2D eigenvalue weighted by atomic mass is 9.84. The Morgan fingerprint density at radius 1 is 1.19 bits per heavy atom. The molecule has 2 unspecified atom stereocenters. The van der Waals surface area contributed by atoms with Gasteiger partial charge in [-0.15, -0.1) is 0 Å². The topological polar surface area (TPSA) is 75.4 Å². The van der Waals surface area contributed by atoms with Crippen molar-refractivity contribution in [3.05, 3.63) is 0 Å². The quantitative estimate of drug-likeness (QED) is 0.750. The molecule has 0 aliphatic heterocycles. The van der Waals surface area contributed by atoms with Crippen LogP contribution in [0.1, 0.15) is 47.5 Å². The van der Waals surface area contributed by atoms with Crippen LogP contribution >= 0.6 is 0 Å². The molecule has 21 heavy (non-hydrogen) atoms. The van der Waals surface area contributed by atoms with E-state index in [0.717, 1.165) is 0 Å². The maximum absolute atomic E-state index is 12.4. The van der Waals surface area contributed by atoms with E-state index in [1.807, 2.05) is 13.8 Å². The lowest BCUT2D eigenvalue weighted by Gasteiger charge is -2.28. The van der Waals surface area contributed by atoms with Gasteiger partial charge < -0.3 is 16.0 Å². The minimum atomic E-state index is -0.471. The number of hydrogen-bond acceptors (Lipinski definition) is 3. The zero-order valence-electron chi connectivity index (χ0n) is 14.7. The van der Waals surface area contributed by atoms with Crippen molar-refractivity contribution < 1.29 is 9.59 Å². The fourth-order valence-electron chi connectivity index (χ4n) is 2.32. The largest absolute Gasteiger partial charge is 0.347 e. The molecule has 0 aromatic carbocycles. The first-order valence-corrected chi connectivity index (χ1v) is 7.69. The summed E-state index contributed by atoms with van der Waals surface area (Å²) >= 11 is 0. The summed E-state index contributed by atoms with van der Waals surface area (Å²) in [7, 11) is 3.41. The molecule has 2 atom stereocenters. The smallest absolute Gasteiger partial charge is 0.244 e. The van der Waals surface area contributed by atoms with Crippen molar-refractivity contribution in [3.8, 4) is 0 Å². The van der Waals surface area contributed by atoms with Crippen LogP contribution in [0, 0.1) is 17.3 Å². The third-order valence-corrected chi connectivity index (χ3v) is 3.28. The number of hydrogen-bond donors (Lipinski definition) is 2. The van der Waals surface area contributed by atoms with E-state index in [4.69, 9.17) is 5.73 Å². The van der Waals surface area contributed by atoms with Crippen LogP contribution in [-0.4, -0.2) is 43.4 Å². The van der Waals surface area contributed by atoms with Gasteiger partial charge >= 0.3 is 0 Å². The van der Waals surface area contributed by atoms with Crippen LogP contribution in [0.5, 0.6) is 0 Å². The average Bonchev–Trinajstić information content (AvgIpc) is 2.32. The second kappa shape index (κ2) is 8.37. The molecule has 0 aliphatic rings. The van der Waals surface area contributed by atoms with Crippen molar-refractivity contribution in [2.45, 2.75) is 53.5 Å². The van der Waals surface area contributed by atoms with E-state index >= 15 is 0 Å². The highest BCUT2D eigenvalue weighted by molar-refractivity contribution is 5.88. The van der Waals surface area contributed by atoms with Gasteiger partial charge in [-0.2, -0.15) is 0 Å². The molecular weight excluding hydrogens is 266 g/mol. The van der Waals surface area contributed by atoms with Crippen molar-refractivity contribution >= 4 is 11.8 Å². The average molecular weight is 299 g/mol. The zero-order chi connectivity index (χ0) is 16.8. The predicted molar refractivity (Wildman–Crippen MR) is 86.7 cm³/mol. The normalized spacial score (nSPS) is 14.7. The molecule has 0 rings (SSSR count). The Morgan fingerprint density at radius 3 is 2.05 bits per heavy atom. The molecule has 124 valence electrons. The van der Waals surface area contributed by atoms with Crippen LogP contribution in [0.4, 0.5) is 0 Å². The molecule has 5 nitrogen and oxygen atoms in total. The zero-order valence-corrected chi connectivity index (χ0v) is 14.7. The van der Waals surface area contributed by atoms with E-state index in [1.54, 1.807) is 14.1 Å². The van der Waals surface area contributed by atoms with Crippen molar-refractivity contribution in [2.24, 2.45) is 23.0 Å². The maximum Gasteiger partial charge on any atom is 0.244 e. The SMILES string of the molecule is CC(C)CC(NC(=O)C(CN)CC(C)(C)C)C(=O)N(C)C. The summed E-state index contributed by atoms with van der Waals surface area (Å²) in [4.78, 5) is 26.1. The molecule has 2 amide bonds. The van der Waals surface area contributed by atoms with Gasteiger partial charge in [0.15, 0.2) is 0 Å². The summed E-state index contributed by atoms with van der Waals surface area (Å²) in [6.45, 7) is 10.6. The summed E-state index contributed by atoms with van der Waals surface area (Å²) < 4.78 is 0. The monoisotopic (exact) mass is 299 g/mol. The molecule has 5 heteroatoms. The summed E-state index contributed by atoms with van der Waals surface area (Å²) in [5.41, 5.74) is 5.77. The Balaban J connectivity index is 4.89. The van der Waals surface area contributed by atoms with Crippen LogP contribution in [0.25, 0.3) is 0 Å². The van der Waals surface area contributed by atoms with Gasteiger partial charge in [-0.05, 0) is 24.2 Å². The Hall–Kier alpha value is -1.10. The first-order valence-electron chi connectivity index (χ1n) is 7.69.